The quantitative estimate of drug-likeness (QED) is 0.708. The van der Waals surface area contributed by atoms with Gasteiger partial charge in [0.25, 0.3) is 0 Å². The van der Waals surface area contributed by atoms with Crippen LogP contribution >= 0.6 is 23.5 Å². The van der Waals surface area contributed by atoms with Gasteiger partial charge in [-0.3, -0.25) is 0 Å². The van der Waals surface area contributed by atoms with Crippen LogP contribution in [-0.4, -0.2) is 36.1 Å². The molecule has 0 spiro atoms. The fraction of sp³-hybridized carbons (Fsp3) is 1.00. The molecule has 0 aromatic rings. The Labute approximate surface area is 97.2 Å². The molecule has 0 amide bonds. The van der Waals surface area contributed by atoms with E-state index in [0.29, 0.717) is 0 Å². The molecule has 2 atom stereocenters. The lowest BCUT2D eigenvalue weighted by Crippen LogP contribution is -2.40. The van der Waals surface area contributed by atoms with Crippen LogP contribution in [0.4, 0.5) is 0 Å². The summed E-state index contributed by atoms with van der Waals surface area (Å²) in [6.45, 7) is 1.21. The SMILES string of the molecule is CSCCCNC1CCCCC1SC. The van der Waals surface area contributed by atoms with Crippen molar-refractivity contribution in [2.24, 2.45) is 0 Å². The Hall–Kier alpha value is 0.660. The largest absolute Gasteiger partial charge is 0.313 e. The zero-order chi connectivity index (χ0) is 10.2. The van der Waals surface area contributed by atoms with E-state index in [-0.39, 0.29) is 0 Å². The summed E-state index contributed by atoms with van der Waals surface area (Å²) in [5.74, 6) is 1.30. The van der Waals surface area contributed by atoms with Gasteiger partial charge in [0.05, 0.1) is 0 Å². The minimum absolute atomic E-state index is 0.792. The Morgan fingerprint density at radius 1 is 1.21 bits per heavy atom. The highest BCUT2D eigenvalue weighted by atomic mass is 32.2. The van der Waals surface area contributed by atoms with Crippen LogP contribution in [0.2, 0.25) is 0 Å². The molecule has 84 valence electrons. The topological polar surface area (TPSA) is 12.0 Å². The van der Waals surface area contributed by atoms with Crippen molar-refractivity contribution < 1.29 is 0 Å². The van der Waals surface area contributed by atoms with Crippen LogP contribution in [0, 0.1) is 0 Å². The van der Waals surface area contributed by atoms with Crippen LogP contribution < -0.4 is 5.32 Å². The normalized spacial score (nSPS) is 27.9. The molecule has 14 heavy (non-hydrogen) atoms. The summed E-state index contributed by atoms with van der Waals surface area (Å²) in [5.41, 5.74) is 0. The minimum Gasteiger partial charge on any atom is -0.313 e. The summed E-state index contributed by atoms with van der Waals surface area (Å²) in [4.78, 5) is 0. The van der Waals surface area contributed by atoms with Crippen LogP contribution in [0.1, 0.15) is 32.1 Å². The van der Waals surface area contributed by atoms with E-state index in [1.54, 1.807) is 0 Å². The first-order valence-electron chi connectivity index (χ1n) is 5.63. The summed E-state index contributed by atoms with van der Waals surface area (Å²) in [6, 6.07) is 0.792. The Kier molecular flexibility index (Phi) is 7.17. The van der Waals surface area contributed by atoms with E-state index in [1.807, 2.05) is 23.5 Å². The second-order valence-electron chi connectivity index (χ2n) is 3.97. The van der Waals surface area contributed by atoms with Gasteiger partial charge in [-0.2, -0.15) is 23.5 Å². The molecule has 3 heteroatoms. The lowest BCUT2D eigenvalue weighted by Gasteiger charge is -2.31. The molecule has 0 aliphatic heterocycles. The van der Waals surface area contributed by atoms with E-state index in [2.05, 4.69) is 17.8 Å². The predicted octanol–water partition coefficient (Wildman–Crippen LogP) is 3.00. The third-order valence-electron chi connectivity index (χ3n) is 2.94. The summed E-state index contributed by atoms with van der Waals surface area (Å²) in [7, 11) is 0. The first kappa shape index (κ1) is 12.7. The maximum Gasteiger partial charge on any atom is 0.0198 e. The molecule has 1 fully saturated rings. The van der Waals surface area contributed by atoms with Crippen LogP contribution in [-0.2, 0) is 0 Å². The molecule has 2 unspecified atom stereocenters. The first-order valence-corrected chi connectivity index (χ1v) is 8.31. The Morgan fingerprint density at radius 2 is 2.00 bits per heavy atom. The summed E-state index contributed by atoms with van der Waals surface area (Å²) in [5, 5.41) is 4.60. The van der Waals surface area contributed by atoms with Crippen LogP contribution in [0.3, 0.4) is 0 Å². The van der Waals surface area contributed by atoms with Crippen molar-refractivity contribution in [3.8, 4) is 0 Å². The summed E-state index contributed by atoms with van der Waals surface area (Å²) >= 11 is 4.00. The predicted molar refractivity (Wildman–Crippen MR) is 70.6 cm³/mol. The Morgan fingerprint density at radius 3 is 2.71 bits per heavy atom. The Balaban J connectivity index is 2.13. The van der Waals surface area contributed by atoms with Crippen molar-refractivity contribution in [2.75, 3.05) is 24.8 Å². The molecule has 0 saturated heterocycles. The smallest absolute Gasteiger partial charge is 0.0198 e. The molecule has 0 aromatic heterocycles. The van der Waals surface area contributed by atoms with E-state index < -0.39 is 0 Å². The van der Waals surface area contributed by atoms with Crippen molar-refractivity contribution >= 4 is 23.5 Å². The molecule has 0 aromatic carbocycles. The second kappa shape index (κ2) is 7.89. The van der Waals surface area contributed by atoms with Crippen LogP contribution in [0.25, 0.3) is 0 Å². The monoisotopic (exact) mass is 233 g/mol. The van der Waals surface area contributed by atoms with Crippen molar-refractivity contribution in [1.82, 2.24) is 5.32 Å². The molecule has 1 aliphatic carbocycles. The fourth-order valence-electron chi connectivity index (χ4n) is 2.12. The molecular formula is C11H23NS2. The van der Waals surface area contributed by atoms with Gasteiger partial charge in [-0.25, -0.2) is 0 Å². The third kappa shape index (κ3) is 4.45. The lowest BCUT2D eigenvalue weighted by atomic mass is 9.95. The van der Waals surface area contributed by atoms with Crippen molar-refractivity contribution in [3.05, 3.63) is 0 Å². The highest BCUT2D eigenvalue weighted by Gasteiger charge is 2.23. The number of rotatable bonds is 6. The average Bonchev–Trinajstić information content (AvgIpc) is 2.25. The van der Waals surface area contributed by atoms with Gasteiger partial charge in [0.2, 0.25) is 0 Å². The van der Waals surface area contributed by atoms with E-state index in [4.69, 9.17) is 0 Å². The molecule has 1 rings (SSSR count). The maximum absolute atomic E-state index is 3.72. The van der Waals surface area contributed by atoms with Crippen molar-refractivity contribution in [3.63, 3.8) is 0 Å². The van der Waals surface area contributed by atoms with Gasteiger partial charge in [-0.1, -0.05) is 12.8 Å². The zero-order valence-electron chi connectivity index (χ0n) is 9.42. The maximum atomic E-state index is 3.72. The number of hydrogen-bond acceptors (Lipinski definition) is 3. The van der Waals surface area contributed by atoms with Crippen molar-refractivity contribution in [1.29, 1.82) is 0 Å². The fourth-order valence-corrected chi connectivity index (χ4v) is 3.51. The van der Waals surface area contributed by atoms with Gasteiger partial charge in [0, 0.05) is 11.3 Å². The van der Waals surface area contributed by atoms with Gasteiger partial charge in [-0.15, -0.1) is 0 Å². The molecule has 1 N–H and O–H groups in total. The van der Waals surface area contributed by atoms with Gasteiger partial charge >= 0.3 is 0 Å². The number of hydrogen-bond donors (Lipinski definition) is 1. The van der Waals surface area contributed by atoms with Gasteiger partial charge in [0.1, 0.15) is 0 Å². The molecule has 0 heterocycles. The highest BCUT2D eigenvalue weighted by Crippen LogP contribution is 2.26. The third-order valence-corrected chi connectivity index (χ3v) is 4.80. The van der Waals surface area contributed by atoms with E-state index in [9.17, 15) is 0 Å². The molecule has 1 nitrogen and oxygen atoms in total. The van der Waals surface area contributed by atoms with Crippen LogP contribution in [0.5, 0.6) is 0 Å². The molecule has 0 radical (unpaired) electrons. The van der Waals surface area contributed by atoms with E-state index in [1.165, 1.54) is 44.4 Å². The lowest BCUT2D eigenvalue weighted by molar-refractivity contribution is 0.385. The standard InChI is InChI=1S/C11H23NS2/c1-13-9-5-8-12-10-6-3-4-7-11(10)14-2/h10-12H,3-9H2,1-2H3. The van der Waals surface area contributed by atoms with E-state index >= 15 is 0 Å². The molecule has 0 bridgehead atoms. The van der Waals surface area contributed by atoms with Crippen LogP contribution in [0.15, 0.2) is 0 Å². The zero-order valence-corrected chi connectivity index (χ0v) is 11.1. The van der Waals surface area contributed by atoms with Gasteiger partial charge < -0.3 is 5.32 Å². The average molecular weight is 233 g/mol. The van der Waals surface area contributed by atoms with E-state index in [0.717, 1.165) is 11.3 Å². The second-order valence-corrected chi connectivity index (χ2v) is 6.03. The minimum atomic E-state index is 0.792. The number of thioether (sulfide) groups is 2. The highest BCUT2D eigenvalue weighted by molar-refractivity contribution is 7.99. The van der Waals surface area contributed by atoms with Gasteiger partial charge in [-0.05, 0) is 44.1 Å². The molecule has 1 saturated carbocycles. The molecule has 1 aliphatic rings. The van der Waals surface area contributed by atoms with Gasteiger partial charge in [0.15, 0.2) is 0 Å². The number of nitrogens with one attached hydrogen (secondary N) is 1. The first-order chi connectivity index (χ1) is 6.88. The summed E-state index contributed by atoms with van der Waals surface area (Å²) in [6.07, 6.45) is 11.4. The Bertz CT molecular complexity index is 141. The summed E-state index contributed by atoms with van der Waals surface area (Å²) < 4.78 is 0. The molecular weight excluding hydrogens is 210 g/mol. The van der Waals surface area contributed by atoms with Crippen molar-refractivity contribution in [2.45, 2.75) is 43.4 Å².